The summed E-state index contributed by atoms with van der Waals surface area (Å²) >= 11 is 0. The molecule has 1 saturated heterocycles. The molecule has 5 nitrogen and oxygen atoms in total. The number of hydrogen-bond donors (Lipinski definition) is 0. The van der Waals surface area contributed by atoms with E-state index in [-0.39, 0.29) is 24.9 Å². The van der Waals surface area contributed by atoms with Crippen molar-refractivity contribution in [1.82, 2.24) is 5.06 Å². The highest BCUT2D eigenvalue weighted by Crippen LogP contribution is 2.19. The summed E-state index contributed by atoms with van der Waals surface area (Å²) in [5.41, 5.74) is -0.510. The lowest BCUT2D eigenvalue weighted by Gasteiger charge is -2.20. The number of rotatable bonds is 3. The second kappa shape index (κ2) is 4.82. The fourth-order valence-corrected chi connectivity index (χ4v) is 1.50. The molecule has 1 fully saturated rings. The lowest BCUT2D eigenvalue weighted by atomic mass is 10.1. The minimum absolute atomic E-state index is 0.0899. The quantitative estimate of drug-likeness (QED) is 0.681. The first-order valence-electron chi connectivity index (χ1n) is 5.49. The maximum Gasteiger partial charge on any atom is 0.307 e. The molecule has 0 aliphatic carbocycles. The zero-order valence-electron chi connectivity index (χ0n) is 10.3. The number of amides is 1. The number of nitrogens with zero attached hydrogens (tertiary/aromatic N) is 1. The maximum atomic E-state index is 11.6. The minimum atomic E-state index is -0.510. The molecule has 0 N–H and O–H groups in total. The Labute approximate surface area is 95.6 Å². The second-order valence-corrected chi connectivity index (χ2v) is 4.82. The third-order valence-electron chi connectivity index (χ3n) is 2.15. The second-order valence-electron chi connectivity index (χ2n) is 4.82. The fraction of sp³-hybridized carbons (Fsp3) is 0.818. The number of carbonyl (C=O) groups is 2. The summed E-state index contributed by atoms with van der Waals surface area (Å²) < 4.78 is 5.15. The van der Waals surface area contributed by atoms with Gasteiger partial charge in [-0.05, 0) is 27.7 Å². The summed E-state index contributed by atoms with van der Waals surface area (Å²) in [4.78, 5) is 28.3. The van der Waals surface area contributed by atoms with Crippen LogP contribution in [0.4, 0.5) is 0 Å². The minimum Gasteiger partial charge on any atom is -0.460 e. The van der Waals surface area contributed by atoms with E-state index >= 15 is 0 Å². The van der Waals surface area contributed by atoms with Crippen molar-refractivity contribution in [3.8, 4) is 0 Å². The molecule has 1 amide bonds. The molecule has 1 atom stereocenters. The number of hydroxylamine groups is 2. The number of hydrogen-bond acceptors (Lipinski definition) is 4. The number of esters is 1. The van der Waals surface area contributed by atoms with Crippen LogP contribution < -0.4 is 0 Å². The van der Waals surface area contributed by atoms with E-state index in [9.17, 15) is 9.59 Å². The van der Waals surface area contributed by atoms with E-state index < -0.39 is 11.5 Å². The Balaban J connectivity index is 2.44. The molecule has 0 aromatic rings. The van der Waals surface area contributed by atoms with Crippen molar-refractivity contribution in [3.63, 3.8) is 0 Å². The van der Waals surface area contributed by atoms with Gasteiger partial charge in [0.1, 0.15) is 5.60 Å². The van der Waals surface area contributed by atoms with E-state index in [0.29, 0.717) is 6.54 Å². The molecule has 0 aromatic carbocycles. The molecule has 0 spiro atoms. The monoisotopic (exact) mass is 229 g/mol. The summed E-state index contributed by atoms with van der Waals surface area (Å²) in [7, 11) is 0. The van der Waals surface area contributed by atoms with Crippen molar-refractivity contribution in [2.24, 2.45) is 5.92 Å². The van der Waals surface area contributed by atoms with E-state index in [1.54, 1.807) is 20.8 Å². The van der Waals surface area contributed by atoms with E-state index in [1.165, 1.54) is 5.06 Å². The summed E-state index contributed by atoms with van der Waals surface area (Å²) in [5, 5.41) is 1.29. The van der Waals surface area contributed by atoms with Gasteiger partial charge in [0.25, 0.3) is 5.91 Å². The van der Waals surface area contributed by atoms with Crippen molar-refractivity contribution in [2.75, 3.05) is 13.2 Å². The van der Waals surface area contributed by atoms with Crippen LogP contribution in [0, 0.1) is 5.92 Å². The molecule has 0 aromatic heterocycles. The third-order valence-corrected chi connectivity index (χ3v) is 2.15. The van der Waals surface area contributed by atoms with Crippen LogP contribution in [0.15, 0.2) is 0 Å². The topological polar surface area (TPSA) is 55.8 Å². The summed E-state index contributed by atoms with van der Waals surface area (Å²) in [5.74, 6) is -0.879. The smallest absolute Gasteiger partial charge is 0.307 e. The molecular weight excluding hydrogens is 210 g/mol. The van der Waals surface area contributed by atoms with E-state index in [0.717, 1.165) is 0 Å². The van der Waals surface area contributed by atoms with Gasteiger partial charge in [0.2, 0.25) is 0 Å². The Morgan fingerprint density at radius 1 is 1.56 bits per heavy atom. The van der Waals surface area contributed by atoms with Crippen LogP contribution in [0.3, 0.4) is 0 Å². The van der Waals surface area contributed by atoms with Gasteiger partial charge in [-0.1, -0.05) is 0 Å². The van der Waals surface area contributed by atoms with Gasteiger partial charge < -0.3 is 4.74 Å². The molecule has 1 aliphatic heterocycles. The van der Waals surface area contributed by atoms with Gasteiger partial charge in [-0.2, -0.15) is 0 Å². The molecule has 1 heterocycles. The van der Waals surface area contributed by atoms with Crippen LogP contribution in [-0.2, 0) is 19.2 Å². The fourth-order valence-electron chi connectivity index (χ4n) is 1.50. The highest BCUT2D eigenvalue weighted by atomic mass is 16.7. The Morgan fingerprint density at radius 3 is 2.62 bits per heavy atom. The predicted octanol–water partition coefficient (Wildman–Crippen LogP) is 1.13. The first-order valence-corrected chi connectivity index (χ1v) is 5.49. The van der Waals surface area contributed by atoms with Crippen molar-refractivity contribution >= 4 is 11.9 Å². The molecule has 1 aliphatic rings. The Morgan fingerprint density at radius 2 is 2.19 bits per heavy atom. The first kappa shape index (κ1) is 13.0. The van der Waals surface area contributed by atoms with Gasteiger partial charge in [-0.3, -0.25) is 14.4 Å². The lowest BCUT2D eigenvalue weighted by molar-refractivity contribution is -0.162. The van der Waals surface area contributed by atoms with Gasteiger partial charge >= 0.3 is 5.97 Å². The van der Waals surface area contributed by atoms with Crippen molar-refractivity contribution < 1.29 is 19.2 Å². The van der Waals surface area contributed by atoms with Gasteiger partial charge in [0, 0.05) is 6.54 Å². The molecule has 5 heteroatoms. The van der Waals surface area contributed by atoms with Gasteiger partial charge in [0.05, 0.1) is 18.9 Å². The zero-order valence-corrected chi connectivity index (χ0v) is 10.3. The molecule has 0 saturated carbocycles. The number of ether oxygens (including phenoxy) is 1. The molecular formula is C11H19NO4. The zero-order chi connectivity index (χ0) is 12.3. The van der Waals surface area contributed by atoms with Crippen molar-refractivity contribution in [1.29, 1.82) is 0 Å². The van der Waals surface area contributed by atoms with E-state index in [4.69, 9.17) is 9.57 Å². The summed E-state index contributed by atoms with van der Waals surface area (Å²) in [6.07, 6.45) is 0.0899. The van der Waals surface area contributed by atoms with Crippen molar-refractivity contribution in [3.05, 3.63) is 0 Å². The highest BCUT2D eigenvalue weighted by molar-refractivity contribution is 5.84. The van der Waals surface area contributed by atoms with E-state index in [1.807, 2.05) is 6.92 Å². The van der Waals surface area contributed by atoms with Crippen LogP contribution in [-0.4, -0.2) is 35.7 Å². The molecule has 0 radical (unpaired) electrons. The first-order chi connectivity index (χ1) is 7.33. The lowest BCUT2D eigenvalue weighted by Crippen LogP contribution is -2.29. The van der Waals surface area contributed by atoms with Crippen LogP contribution in [0.5, 0.6) is 0 Å². The molecule has 16 heavy (non-hydrogen) atoms. The summed E-state index contributed by atoms with van der Waals surface area (Å²) in [6.45, 7) is 8.01. The van der Waals surface area contributed by atoms with Crippen LogP contribution >= 0.6 is 0 Å². The van der Waals surface area contributed by atoms with Crippen LogP contribution in [0.25, 0.3) is 0 Å². The number of carbonyl (C=O) groups excluding carboxylic acids is 2. The van der Waals surface area contributed by atoms with E-state index in [2.05, 4.69) is 0 Å². The Hall–Kier alpha value is -1.10. The average Bonchev–Trinajstić information content (AvgIpc) is 2.44. The predicted molar refractivity (Wildman–Crippen MR) is 57.3 cm³/mol. The maximum absolute atomic E-state index is 11.6. The standard InChI is InChI=1S/C11H19NO4/c1-5-12-10(14)8(7-15-12)6-9(13)16-11(2,3)4/h8H,5-7H2,1-4H3/t8-/m1/s1. The van der Waals surface area contributed by atoms with Gasteiger partial charge in [-0.15, -0.1) is 0 Å². The summed E-state index contributed by atoms with van der Waals surface area (Å²) in [6, 6.07) is 0. The third kappa shape index (κ3) is 3.48. The molecule has 92 valence electrons. The van der Waals surface area contributed by atoms with Crippen molar-refractivity contribution in [2.45, 2.75) is 39.7 Å². The van der Waals surface area contributed by atoms with Gasteiger partial charge in [-0.25, -0.2) is 5.06 Å². The molecule has 0 unspecified atom stereocenters. The Kier molecular flexibility index (Phi) is 3.91. The average molecular weight is 229 g/mol. The SMILES string of the molecule is CCN1OC[C@@H](CC(=O)OC(C)(C)C)C1=O. The van der Waals surface area contributed by atoms with Gasteiger partial charge in [0.15, 0.2) is 0 Å². The Bertz CT molecular complexity index is 282. The largest absolute Gasteiger partial charge is 0.460 e. The van der Waals surface area contributed by atoms with Crippen LogP contribution in [0.2, 0.25) is 0 Å². The molecule has 1 rings (SSSR count). The highest BCUT2D eigenvalue weighted by Gasteiger charge is 2.34. The normalized spacial score (nSPS) is 21.4. The van der Waals surface area contributed by atoms with Crippen LogP contribution in [0.1, 0.15) is 34.1 Å². The molecule has 0 bridgehead atoms.